The van der Waals surface area contributed by atoms with Crippen molar-refractivity contribution in [2.24, 2.45) is 5.73 Å². The Morgan fingerprint density at radius 3 is 2.47 bits per heavy atom. The highest BCUT2D eigenvalue weighted by molar-refractivity contribution is 7.89. The quantitative estimate of drug-likeness (QED) is 0.856. The van der Waals surface area contributed by atoms with Crippen LogP contribution in [0.25, 0.3) is 0 Å². The monoisotopic (exact) mass is 312 g/mol. The fraction of sp³-hybridized carbons (Fsp3) is 0.300. The summed E-state index contributed by atoms with van der Waals surface area (Å²) < 4.78 is 60.7. The van der Waals surface area contributed by atoms with Crippen molar-refractivity contribution in [2.75, 3.05) is 13.6 Å². The molecule has 0 radical (unpaired) electrons. The highest BCUT2D eigenvalue weighted by atomic mass is 32.2. The van der Waals surface area contributed by atoms with Crippen molar-refractivity contribution in [3.63, 3.8) is 0 Å². The first-order valence-electron chi connectivity index (χ1n) is 4.97. The Hall–Kier alpha value is -1.19. The van der Waals surface area contributed by atoms with Crippen molar-refractivity contribution in [1.82, 2.24) is 4.31 Å². The van der Waals surface area contributed by atoms with E-state index < -0.39 is 22.7 Å². The van der Waals surface area contributed by atoms with Gasteiger partial charge in [-0.1, -0.05) is 24.4 Å². The first-order chi connectivity index (χ1) is 8.54. The maximum Gasteiger partial charge on any atom is 0.402 e. The average molecular weight is 312 g/mol. The van der Waals surface area contributed by atoms with E-state index in [0.717, 1.165) is 13.1 Å². The summed E-state index contributed by atoms with van der Waals surface area (Å²) in [5.41, 5.74) is 5.62. The third-order valence-corrected chi connectivity index (χ3v) is 4.26. The second-order valence-electron chi connectivity index (χ2n) is 3.77. The normalized spacial score (nSPS) is 12.7. The Morgan fingerprint density at radius 1 is 1.42 bits per heavy atom. The second-order valence-corrected chi connectivity index (χ2v) is 6.25. The predicted octanol–water partition coefficient (Wildman–Crippen LogP) is 1.50. The van der Waals surface area contributed by atoms with E-state index in [-0.39, 0.29) is 19.8 Å². The summed E-state index contributed by atoms with van der Waals surface area (Å²) in [6.07, 6.45) is -4.61. The number of alkyl halides is 3. The molecule has 0 atom stereocenters. The van der Waals surface area contributed by atoms with E-state index in [4.69, 9.17) is 5.73 Å². The van der Waals surface area contributed by atoms with Crippen LogP contribution in [0.5, 0.6) is 0 Å². The van der Waals surface area contributed by atoms with E-state index >= 15 is 0 Å². The summed E-state index contributed by atoms with van der Waals surface area (Å²) in [5, 5.41) is 0. The third kappa shape index (κ3) is 4.15. The van der Waals surface area contributed by atoms with Gasteiger partial charge in [0.25, 0.3) is 0 Å². The molecule has 0 aliphatic heterocycles. The van der Waals surface area contributed by atoms with Crippen LogP contribution in [0, 0.1) is 0 Å². The number of rotatable bonds is 4. The molecule has 0 aromatic heterocycles. The Labute approximate surface area is 114 Å². The van der Waals surface area contributed by atoms with Crippen LogP contribution in [0.2, 0.25) is 0 Å². The Bertz CT molecular complexity index is 585. The van der Waals surface area contributed by atoms with Crippen LogP contribution in [0.4, 0.5) is 13.2 Å². The number of hydrogen-bond acceptors (Lipinski definition) is 3. The van der Waals surface area contributed by atoms with Gasteiger partial charge in [-0.05, 0) is 12.1 Å². The minimum atomic E-state index is -4.61. The zero-order valence-corrected chi connectivity index (χ0v) is 11.4. The number of nitrogens with two attached hydrogens (primary N) is 1. The maximum absolute atomic E-state index is 12.2. The van der Waals surface area contributed by atoms with Gasteiger partial charge >= 0.3 is 6.18 Å². The van der Waals surface area contributed by atoms with Gasteiger partial charge in [0, 0.05) is 12.6 Å². The SMILES string of the molecule is CN(CC(F)(F)F)S(=O)(=O)c1cccc(C(N)=S)c1. The van der Waals surface area contributed by atoms with Gasteiger partial charge in [0.2, 0.25) is 10.0 Å². The third-order valence-electron chi connectivity index (χ3n) is 2.23. The van der Waals surface area contributed by atoms with Crippen molar-refractivity contribution < 1.29 is 21.6 Å². The van der Waals surface area contributed by atoms with Gasteiger partial charge in [-0.15, -0.1) is 0 Å². The van der Waals surface area contributed by atoms with Gasteiger partial charge in [0.15, 0.2) is 0 Å². The Balaban J connectivity index is 3.13. The first kappa shape index (κ1) is 15.9. The van der Waals surface area contributed by atoms with Crippen LogP contribution in [0.3, 0.4) is 0 Å². The highest BCUT2D eigenvalue weighted by Crippen LogP contribution is 2.21. The van der Waals surface area contributed by atoms with Crippen molar-refractivity contribution in [3.8, 4) is 0 Å². The van der Waals surface area contributed by atoms with E-state index in [9.17, 15) is 21.6 Å². The molecule has 2 N–H and O–H groups in total. The molecule has 0 aliphatic rings. The Morgan fingerprint density at radius 2 is 2.00 bits per heavy atom. The average Bonchev–Trinajstić information content (AvgIpc) is 2.26. The van der Waals surface area contributed by atoms with E-state index in [2.05, 4.69) is 12.2 Å². The molecule has 0 bridgehead atoms. The summed E-state index contributed by atoms with van der Waals surface area (Å²) in [6, 6.07) is 5.17. The van der Waals surface area contributed by atoms with Crippen molar-refractivity contribution in [1.29, 1.82) is 0 Å². The molecule has 9 heteroatoms. The van der Waals surface area contributed by atoms with E-state index in [1.807, 2.05) is 0 Å². The number of nitrogens with zero attached hydrogens (tertiary/aromatic N) is 1. The topological polar surface area (TPSA) is 63.4 Å². The fourth-order valence-electron chi connectivity index (χ4n) is 1.33. The molecule has 0 amide bonds. The summed E-state index contributed by atoms with van der Waals surface area (Å²) in [7, 11) is -3.37. The molecule has 0 saturated carbocycles. The molecule has 0 aliphatic carbocycles. The van der Waals surface area contributed by atoms with Gasteiger partial charge in [0.05, 0.1) is 4.90 Å². The molecule has 1 rings (SSSR count). The van der Waals surface area contributed by atoms with Crippen molar-refractivity contribution in [2.45, 2.75) is 11.1 Å². The summed E-state index contributed by atoms with van der Waals surface area (Å²) in [5.74, 6) is 0. The standard InChI is InChI=1S/C10H11F3N2O2S2/c1-15(6-10(11,12)13)19(16,17)8-4-2-3-7(5-8)9(14)18/h2-5H,6H2,1H3,(H2,14,18). The number of hydrogen-bond donors (Lipinski definition) is 1. The molecule has 0 fully saturated rings. The molecule has 106 valence electrons. The smallest absolute Gasteiger partial charge is 0.389 e. The molecular formula is C10H11F3N2O2S2. The van der Waals surface area contributed by atoms with Gasteiger partial charge in [0.1, 0.15) is 11.5 Å². The number of thiocarbonyl (C=S) groups is 1. The zero-order valence-electron chi connectivity index (χ0n) is 9.81. The van der Waals surface area contributed by atoms with Crippen LogP contribution < -0.4 is 5.73 Å². The largest absolute Gasteiger partial charge is 0.402 e. The molecule has 0 spiro atoms. The highest BCUT2D eigenvalue weighted by Gasteiger charge is 2.34. The van der Waals surface area contributed by atoms with Crippen molar-refractivity contribution in [3.05, 3.63) is 29.8 Å². The molecule has 0 saturated heterocycles. The van der Waals surface area contributed by atoms with Crippen LogP contribution in [0.1, 0.15) is 5.56 Å². The van der Waals surface area contributed by atoms with E-state index in [1.54, 1.807) is 0 Å². The fourth-order valence-corrected chi connectivity index (χ4v) is 2.66. The maximum atomic E-state index is 12.2. The molecule has 1 aromatic carbocycles. The second kappa shape index (κ2) is 5.43. The predicted molar refractivity (Wildman–Crippen MR) is 68.2 cm³/mol. The van der Waals surface area contributed by atoms with Gasteiger partial charge in [-0.2, -0.15) is 17.5 Å². The molecular weight excluding hydrogens is 301 g/mol. The lowest BCUT2D eigenvalue weighted by atomic mass is 10.2. The van der Waals surface area contributed by atoms with Crippen LogP contribution in [-0.2, 0) is 10.0 Å². The van der Waals surface area contributed by atoms with Gasteiger partial charge in [-0.3, -0.25) is 0 Å². The minimum Gasteiger partial charge on any atom is -0.389 e. The van der Waals surface area contributed by atoms with Gasteiger partial charge < -0.3 is 5.73 Å². The molecule has 4 nitrogen and oxygen atoms in total. The van der Waals surface area contributed by atoms with Crippen molar-refractivity contribution >= 4 is 27.2 Å². The van der Waals surface area contributed by atoms with E-state index in [1.165, 1.54) is 18.2 Å². The lowest BCUT2D eigenvalue weighted by Gasteiger charge is -2.19. The van der Waals surface area contributed by atoms with Crippen LogP contribution in [-0.4, -0.2) is 37.5 Å². The molecule has 1 aromatic rings. The Kier molecular flexibility index (Phi) is 4.54. The van der Waals surface area contributed by atoms with E-state index in [0.29, 0.717) is 0 Å². The molecule has 19 heavy (non-hydrogen) atoms. The molecule has 0 heterocycles. The first-order valence-corrected chi connectivity index (χ1v) is 6.82. The summed E-state index contributed by atoms with van der Waals surface area (Å²) in [4.78, 5) is -0.319. The molecule has 0 unspecified atom stereocenters. The van der Waals surface area contributed by atoms with Crippen LogP contribution >= 0.6 is 12.2 Å². The number of benzene rings is 1. The summed E-state index contributed by atoms with van der Waals surface area (Å²) in [6.45, 7) is -1.56. The number of halogens is 3. The lowest BCUT2D eigenvalue weighted by Crippen LogP contribution is -2.35. The summed E-state index contributed by atoms with van der Waals surface area (Å²) >= 11 is 4.69. The van der Waals surface area contributed by atoms with Gasteiger partial charge in [-0.25, -0.2) is 8.42 Å². The van der Waals surface area contributed by atoms with Crippen LogP contribution in [0.15, 0.2) is 29.2 Å². The lowest BCUT2D eigenvalue weighted by molar-refractivity contribution is -0.134. The zero-order chi connectivity index (χ0) is 14.8. The number of sulfonamides is 1. The minimum absolute atomic E-state index is 0.0319.